The standard InChI is InChI=1S/C12H15Br2NO4/c1-12(18,7-16)6-15-11(17)5-19-10-3-2-8(13)4-9(10)14/h2-4,16,18H,5-7H2,1H3,(H,15,17). The lowest BCUT2D eigenvalue weighted by Gasteiger charge is -2.20. The van der Waals surface area contributed by atoms with E-state index in [0.717, 1.165) is 8.95 Å². The van der Waals surface area contributed by atoms with Crippen LogP contribution in [0.1, 0.15) is 6.92 Å². The maximum absolute atomic E-state index is 11.5. The van der Waals surface area contributed by atoms with Crippen LogP contribution in [0, 0.1) is 0 Å². The van der Waals surface area contributed by atoms with Crippen LogP contribution in [0.5, 0.6) is 5.75 Å². The smallest absolute Gasteiger partial charge is 0.258 e. The van der Waals surface area contributed by atoms with E-state index < -0.39 is 12.2 Å². The van der Waals surface area contributed by atoms with Gasteiger partial charge in [-0.15, -0.1) is 0 Å². The van der Waals surface area contributed by atoms with Crippen LogP contribution in [-0.2, 0) is 4.79 Å². The Labute approximate surface area is 128 Å². The van der Waals surface area contributed by atoms with Crippen molar-refractivity contribution < 1.29 is 19.7 Å². The molecule has 0 saturated heterocycles. The fourth-order valence-corrected chi connectivity index (χ4v) is 2.29. The molecule has 19 heavy (non-hydrogen) atoms. The van der Waals surface area contributed by atoms with Crippen LogP contribution in [0.15, 0.2) is 27.1 Å². The summed E-state index contributed by atoms with van der Waals surface area (Å²) in [7, 11) is 0. The molecule has 0 aliphatic heterocycles. The highest BCUT2D eigenvalue weighted by Gasteiger charge is 2.19. The zero-order valence-electron chi connectivity index (χ0n) is 10.3. The summed E-state index contributed by atoms with van der Waals surface area (Å²) in [5.74, 6) is 0.177. The lowest BCUT2D eigenvalue weighted by atomic mass is 10.1. The van der Waals surface area contributed by atoms with Crippen LogP contribution in [0.4, 0.5) is 0 Å². The molecule has 1 aromatic carbocycles. The molecule has 5 nitrogen and oxygen atoms in total. The normalized spacial score (nSPS) is 13.7. The number of hydrogen-bond acceptors (Lipinski definition) is 4. The molecule has 0 aliphatic rings. The zero-order valence-corrected chi connectivity index (χ0v) is 13.5. The van der Waals surface area contributed by atoms with Gasteiger partial charge in [-0.3, -0.25) is 4.79 Å². The average molecular weight is 397 g/mol. The first kappa shape index (κ1) is 16.4. The lowest BCUT2D eigenvalue weighted by molar-refractivity contribution is -0.124. The Morgan fingerprint density at radius 1 is 1.47 bits per heavy atom. The second kappa shape index (κ2) is 7.23. The minimum atomic E-state index is -1.33. The van der Waals surface area contributed by atoms with Crippen molar-refractivity contribution in [1.29, 1.82) is 0 Å². The number of hydrogen-bond donors (Lipinski definition) is 3. The molecule has 0 saturated carbocycles. The predicted octanol–water partition coefficient (Wildman–Crippen LogP) is 1.45. The Morgan fingerprint density at radius 3 is 2.74 bits per heavy atom. The first-order chi connectivity index (χ1) is 8.84. The Morgan fingerprint density at radius 2 is 2.16 bits per heavy atom. The molecule has 1 rings (SSSR count). The number of nitrogens with one attached hydrogen (secondary N) is 1. The van der Waals surface area contributed by atoms with Gasteiger partial charge in [-0.05, 0) is 41.1 Å². The van der Waals surface area contributed by atoms with Crippen LogP contribution in [0.2, 0.25) is 0 Å². The highest BCUT2D eigenvalue weighted by molar-refractivity contribution is 9.11. The van der Waals surface area contributed by atoms with Crippen molar-refractivity contribution in [1.82, 2.24) is 5.32 Å². The molecule has 106 valence electrons. The SMILES string of the molecule is CC(O)(CO)CNC(=O)COc1ccc(Br)cc1Br. The summed E-state index contributed by atoms with van der Waals surface area (Å²) in [4.78, 5) is 11.5. The highest BCUT2D eigenvalue weighted by Crippen LogP contribution is 2.27. The Hall–Kier alpha value is -0.630. The van der Waals surface area contributed by atoms with Gasteiger partial charge in [0.15, 0.2) is 6.61 Å². The summed E-state index contributed by atoms with van der Waals surface area (Å²) in [5, 5.41) is 20.8. The number of ether oxygens (including phenoxy) is 1. The summed E-state index contributed by atoms with van der Waals surface area (Å²) in [6, 6.07) is 5.34. The molecule has 1 amide bonds. The number of carbonyl (C=O) groups excluding carboxylic acids is 1. The van der Waals surface area contributed by atoms with Gasteiger partial charge in [0.25, 0.3) is 5.91 Å². The third-order valence-corrected chi connectivity index (χ3v) is 3.37. The van der Waals surface area contributed by atoms with Gasteiger partial charge in [-0.25, -0.2) is 0 Å². The van der Waals surface area contributed by atoms with Crippen molar-refractivity contribution in [2.24, 2.45) is 0 Å². The van der Waals surface area contributed by atoms with Crippen LogP contribution >= 0.6 is 31.9 Å². The molecule has 0 fully saturated rings. The molecule has 1 aromatic rings. The van der Waals surface area contributed by atoms with Crippen molar-refractivity contribution in [2.45, 2.75) is 12.5 Å². The van der Waals surface area contributed by atoms with Crippen LogP contribution in [0.25, 0.3) is 0 Å². The number of rotatable bonds is 6. The number of aliphatic hydroxyl groups excluding tert-OH is 1. The van der Waals surface area contributed by atoms with E-state index in [1.54, 1.807) is 12.1 Å². The van der Waals surface area contributed by atoms with E-state index in [0.29, 0.717) is 5.75 Å². The van der Waals surface area contributed by atoms with E-state index in [9.17, 15) is 9.90 Å². The molecule has 0 aliphatic carbocycles. The first-order valence-electron chi connectivity index (χ1n) is 5.52. The van der Waals surface area contributed by atoms with E-state index in [1.165, 1.54) is 6.92 Å². The minimum Gasteiger partial charge on any atom is -0.483 e. The predicted molar refractivity (Wildman–Crippen MR) is 78.1 cm³/mol. The fraction of sp³-hybridized carbons (Fsp3) is 0.417. The van der Waals surface area contributed by atoms with Crippen molar-refractivity contribution in [3.63, 3.8) is 0 Å². The molecule has 0 aromatic heterocycles. The first-order valence-corrected chi connectivity index (χ1v) is 7.10. The van der Waals surface area contributed by atoms with Gasteiger partial charge in [-0.2, -0.15) is 0 Å². The highest BCUT2D eigenvalue weighted by atomic mass is 79.9. The molecule has 0 heterocycles. The third kappa shape index (κ3) is 5.90. The number of carbonyl (C=O) groups is 1. The fourth-order valence-electron chi connectivity index (χ4n) is 1.13. The largest absolute Gasteiger partial charge is 0.483 e. The summed E-state index contributed by atoms with van der Waals surface area (Å²) >= 11 is 6.63. The maximum Gasteiger partial charge on any atom is 0.258 e. The quantitative estimate of drug-likeness (QED) is 0.680. The van der Waals surface area contributed by atoms with Gasteiger partial charge in [-0.1, -0.05) is 15.9 Å². The lowest BCUT2D eigenvalue weighted by Crippen LogP contribution is -2.44. The molecule has 7 heteroatoms. The number of benzene rings is 1. The van der Waals surface area contributed by atoms with Crippen LogP contribution in [0.3, 0.4) is 0 Å². The molecule has 1 atom stereocenters. The van der Waals surface area contributed by atoms with Crippen molar-refractivity contribution in [3.05, 3.63) is 27.1 Å². The Kier molecular flexibility index (Phi) is 6.25. The van der Waals surface area contributed by atoms with Gasteiger partial charge >= 0.3 is 0 Å². The number of amides is 1. The van der Waals surface area contributed by atoms with E-state index in [2.05, 4.69) is 37.2 Å². The number of halogens is 2. The van der Waals surface area contributed by atoms with E-state index in [-0.39, 0.29) is 19.1 Å². The molecule has 3 N–H and O–H groups in total. The van der Waals surface area contributed by atoms with Crippen molar-refractivity contribution >= 4 is 37.8 Å². The van der Waals surface area contributed by atoms with Gasteiger partial charge < -0.3 is 20.3 Å². The Bertz CT molecular complexity index is 451. The Balaban J connectivity index is 2.42. The van der Waals surface area contributed by atoms with Gasteiger partial charge in [0.05, 0.1) is 11.1 Å². The van der Waals surface area contributed by atoms with Crippen molar-refractivity contribution in [3.8, 4) is 5.75 Å². The van der Waals surface area contributed by atoms with Gasteiger partial charge in [0.2, 0.25) is 0 Å². The number of aliphatic hydroxyl groups is 2. The minimum absolute atomic E-state index is 0.0345. The topological polar surface area (TPSA) is 78.8 Å². The van der Waals surface area contributed by atoms with Crippen LogP contribution < -0.4 is 10.1 Å². The van der Waals surface area contributed by atoms with Crippen molar-refractivity contribution in [2.75, 3.05) is 19.8 Å². The third-order valence-electron chi connectivity index (χ3n) is 2.26. The molecule has 0 radical (unpaired) electrons. The second-order valence-electron chi connectivity index (χ2n) is 4.30. The molecule has 0 bridgehead atoms. The zero-order chi connectivity index (χ0) is 14.5. The van der Waals surface area contributed by atoms with E-state index >= 15 is 0 Å². The second-order valence-corrected chi connectivity index (χ2v) is 6.07. The van der Waals surface area contributed by atoms with Gasteiger partial charge in [0, 0.05) is 11.0 Å². The average Bonchev–Trinajstić information content (AvgIpc) is 2.35. The summed E-state index contributed by atoms with van der Waals surface area (Å²) in [5.41, 5.74) is -1.33. The molecular formula is C12H15Br2NO4. The van der Waals surface area contributed by atoms with E-state index in [4.69, 9.17) is 9.84 Å². The molecular weight excluding hydrogens is 382 g/mol. The molecule has 0 spiro atoms. The summed E-state index contributed by atoms with van der Waals surface area (Å²) < 4.78 is 6.96. The summed E-state index contributed by atoms with van der Waals surface area (Å²) in [6.07, 6.45) is 0. The van der Waals surface area contributed by atoms with E-state index in [1.807, 2.05) is 6.07 Å². The van der Waals surface area contributed by atoms with Crippen LogP contribution in [-0.4, -0.2) is 41.5 Å². The maximum atomic E-state index is 11.5. The van der Waals surface area contributed by atoms with Gasteiger partial charge in [0.1, 0.15) is 11.4 Å². The molecule has 1 unspecified atom stereocenters. The summed E-state index contributed by atoms with van der Waals surface area (Å²) in [6.45, 7) is 0.806. The monoisotopic (exact) mass is 395 g/mol.